The zero-order valence-electron chi connectivity index (χ0n) is 12.0. The summed E-state index contributed by atoms with van der Waals surface area (Å²) in [5.41, 5.74) is 0.246. The fourth-order valence-corrected chi connectivity index (χ4v) is 2.69. The van der Waals surface area contributed by atoms with E-state index in [4.69, 9.17) is 9.47 Å². The molecule has 3 nitrogen and oxygen atoms in total. The van der Waals surface area contributed by atoms with Crippen molar-refractivity contribution in [2.75, 3.05) is 13.7 Å². The van der Waals surface area contributed by atoms with Crippen LogP contribution in [0.25, 0.3) is 0 Å². The highest BCUT2D eigenvalue weighted by molar-refractivity contribution is 5.99. The van der Waals surface area contributed by atoms with Gasteiger partial charge in [-0.15, -0.1) is 0 Å². The molecule has 1 aliphatic carbocycles. The van der Waals surface area contributed by atoms with Crippen molar-refractivity contribution in [3.63, 3.8) is 0 Å². The van der Waals surface area contributed by atoms with Crippen molar-refractivity contribution >= 4 is 5.78 Å². The smallest absolute Gasteiger partial charge is 0.192 e. The Hall–Kier alpha value is -1.42. The minimum atomic E-state index is -0.444. The van der Waals surface area contributed by atoms with Crippen LogP contribution < -0.4 is 4.74 Å². The van der Waals surface area contributed by atoms with E-state index in [0.717, 1.165) is 19.3 Å². The van der Waals surface area contributed by atoms with E-state index in [0.29, 0.717) is 11.7 Å². The first kappa shape index (κ1) is 15.0. The average molecular weight is 280 g/mol. The molecule has 2 rings (SSSR count). The molecule has 0 radical (unpaired) electrons. The largest absolute Gasteiger partial charge is 0.496 e. The minimum absolute atomic E-state index is 0.0190. The van der Waals surface area contributed by atoms with Crippen molar-refractivity contribution < 1.29 is 18.7 Å². The molecule has 1 aromatic rings. The molecule has 0 heterocycles. The molecule has 0 bridgehead atoms. The monoisotopic (exact) mass is 280 g/mol. The Bertz CT molecular complexity index is 473. The van der Waals surface area contributed by atoms with Gasteiger partial charge in [0.25, 0.3) is 0 Å². The lowest BCUT2D eigenvalue weighted by atomic mass is 9.88. The van der Waals surface area contributed by atoms with E-state index in [1.807, 2.05) is 0 Å². The third-order valence-corrected chi connectivity index (χ3v) is 3.92. The van der Waals surface area contributed by atoms with E-state index >= 15 is 0 Å². The Kier molecular flexibility index (Phi) is 5.12. The normalized spacial score (nSPS) is 22.6. The predicted molar refractivity (Wildman–Crippen MR) is 74.7 cm³/mol. The zero-order chi connectivity index (χ0) is 14.5. The number of hydrogen-bond acceptors (Lipinski definition) is 3. The van der Waals surface area contributed by atoms with Gasteiger partial charge in [-0.1, -0.05) is 19.8 Å². The van der Waals surface area contributed by atoms with Gasteiger partial charge in [-0.05, 0) is 37.0 Å². The second kappa shape index (κ2) is 6.84. The van der Waals surface area contributed by atoms with Gasteiger partial charge in [0, 0.05) is 0 Å². The summed E-state index contributed by atoms with van der Waals surface area (Å²) < 4.78 is 24.1. The van der Waals surface area contributed by atoms with Gasteiger partial charge in [0.2, 0.25) is 0 Å². The molecule has 1 saturated carbocycles. The molecule has 1 aliphatic rings. The van der Waals surface area contributed by atoms with Crippen molar-refractivity contribution in [1.82, 2.24) is 0 Å². The van der Waals surface area contributed by atoms with Gasteiger partial charge in [-0.25, -0.2) is 4.39 Å². The molecule has 2 atom stereocenters. The van der Waals surface area contributed by atoms with Crippen LogP contribution in [0.2, 0.25) is 0 Å². The van der Waals surface area contributed by atoms with E-state index < -0.39 is 5.82 Å². The Morgan fingerprint density at radius 3 is 2.80 bits per heavy atom. The third kappa shape index (κ3) is 3.57. The Morgan fingerprint density at radius 1 is 1.35 bits per heavy atom. The molecule has 0 aliphatic heterocycles. The van der Waals surface area contributed by atoms with E-state index in [-0.39, 0.29) is 24.1 Å². The highest BCUT2D eigenvalue weighted by atomic mass is 19.1. The lowest BCUT2D eigenvalue weighted by Crippen LogP contribution is -2.28. The van der Waals surface area contributed by atoms with Gasteiger partial charge in [0.1, 0.15) is 18.2 Å². The first-order valence-electron chi connectivity index (χ1n) is 7.10. The zero-order valence-corrected chi connectivity index (χ0v) is 12.0. The quantitative estimate of drug-likeness (QED) is 0.773. The average Bonchev–Trinajstić information content (AvgIpc) is 2.46. The molecule has 2 unspecified atom stereocenters. The van der Waals surface area contributed by atoms with Crippen LogP contribution in [0.4, 0.5) is 4.39 Å². The van der Waals surface area contributed by atoms with Crippen molar-refractivity contribution in [2.24, 2.45) is 5.92 Å². The summed E-state index contributed by atoms with van der Waals surface area (Å²) >= 11 is 0. The number of Topliss-reactive ketones (excluding diaryl/α,β-unsaturated/α-hetero) is 1. The van der Waals surface area contributed by atoms with Crippen LogP contribution in [0.15, 0.2) is 18.2 Å². The van der Waals surface area contributed by atoms with Crippen molar-refractivity contribution in [3.8, 4) is 5.75 Å². The molecule has 0 amide bonds. The van der Waals surface area contributed by atoms with Gasteiger partial charge in [0.15, 0.2) is 5.78 Å². The van der Waals surface area contributed by atoms with Crippen LogP contribution in [-0.2, 0) is 4.74 Å². The van der Waals surface area contributed by atoms with Crippen LogP contribution in [0.5, 0.6) is 5.75 Å². The number of ether oxygens (including phenoxy) is 2. The van der Waals surface area contributed by atoms with Gasteiger partial charge in [0.05, 0.1) is 18.8 Å². The second-order valence-electron chi connectivity index (χ2n) is 5.38. The SMILES string of the molecule is COc1ccc(F)cc1C(=O)COC1CCCCC1C. The fraction of sp³-hybridized carbons (Fsp3) is 0.562. The molecule has 0 spiro atoms. The van der Waals surface area contributed by atoms with Crippen LogP contribution in [0.1, 0.15) is 43.0 Å². The number of carbonyl (C=O) groups excluding carboxylic acids is 1. The Balaban J connectivity index is 1.99. The van der Waals surface area contributed by atoms with E-state index in [1.165, 1.54) is 31.7 Å². The summed E-state index contributed by atoms with van der Waals surface area (Å²) in [6.07, 6.45) is 4.64. The van der Waals surface area contributed by atoms with Crippen LogP contribution in [0, 0.1) is 11.7 Å². The van der Waals surface area contributed by atoms with Gasteiger partial charge in [-0.3, -0.25) is 4.79 Å². The summed E-state index contributed by atoms with van der Waals surface area (Å²) in [6, 6.07) is 3.94. The molecule has 4 heteroatoms. The molecular formula is C16H21FO3. The topological polar surface area (TPSA) is 35.5 Å². The van der Waals surface area contributed by atoms with Crippen molar-refractivity contribution in [1.29, 1.82) is 0 Å². The number of hydrogen-bond donors (Lipinski definition) is 0. The maximum Gasteiger partial charge on any atom is 0.192 e. The van der Waals surface area contributed by atoms with Gasteiger partial charge < -0.3 is 9.47 Å². The molecule has 0 saturated heterocycles. The van der Waals surface area contributed by atoms with Crippen molar-refractivity contribution in [3.05, 3.63) is 29.6 Å². The number of methoxy groups -OCH3 is 1. The first-order chi connectivity index (χ1) is 9.61. The highest BCUT2D eigenvalue weighted by Crippen LogP contribution is 2.27. The predicted octanol–water partition coefficient (Wildman–Crippen LogP) is 3.61. The molecule has 1 aromatic carbocycles. The molecule has 0 N–H and O–H groups in total. The third-order valence-electron chi connectivity index (χ3n) is 3.92. The van der Waals surface area contributed by atoms with E-state index in [2.05, 4.69) is 6.92 Å². The molecule has 0 aromatic heterocycles. The minimum Gasteiger partial charge on any atom is -0.496 e. The highest BCUT2D eigenvalue weighted by Gasteiger charge is 2.23. The number of ketones is 1. The Labute approximate surface area is 119 Å². The standard InChI is InChI=1S/C16H21FO3/c1-11-5-3-4-6-15(11)20-10-14(18)13-9-12(17)7-8-16(13)19-2/h7-9,11,15H,3-6,10H2,1-2H3. The lowest BCUT2D eigenvalue weighted by Gasteiger charge is -2.28. The maximum absolute atomic E-state index is 13.3. The summed E-state index contributed by atoms with van der Waals surface area (Å²) in [6.45, 7) is 2.13. The summed E-state index contributed by atoms with van der Waals surface area (Å²) in [5.74, 6) is 0.182. The lowest BCUT2D eigenvalue weighted by molar-refractivity contribution is 0.000653. The van der Waals surface area contributed by atoms with E-state index in [9.17, 15) is 9.18 Å². The van der Waals surface area contributed by atoms with Gasteiger partial charge in [-0.2, -0.15) is 0 Å². The Morgan fingerprint density at radius 2 is 2.10 bits per heavy atom. The number of carbonyl (C=O) groups is 1. The maximum atomic E-state index is 13.3. The fourth-order valence-electron chi connectivity index (χ4n) is 2.69. The van der Waals surface area contributed by atoms with Gasteiger partial charge >= 0.3 is 0 Å². The number of halogens is 1. The van der Waals surface area contributed by atoms with E-state index in [1.54, 1.807) is 0 Å². The molecule has 1 fully saturated rings. The molecule has 20 heavy (non-hydrogen) atoms. The molecular weight excluding hydrogens is 259 g/mol. The summed E-state index contributed by atoms with van der Waals surface area (Å²) in [7, 11) is 1.47. The van der Waals surface area contributed by atoms with Crippen LogP contribution in [-0.4, -0.2) is 25.6 Å². The first-order valence-corrected chi connectivity index (χ1v) is 7.10. The second-order valence-corrected chi connectivity index (χ2v) is 5.38. The molecule has 110 valence electrons. The van der Waals surface area contributed by atoms with Crippen LogP contribution in [0.3, 0.4) is 0 Å². The van der Waals surface area contributed by atoms with Crippen molar-refractivity contribution in [2.45, 2.75) is 38.7 Å². The summed E-state index contributed by atoms with van der Waals surface area (Å²) in [4.78, 5) is 12.2. The summed E-state index contributed by atoms with van der Waals surface area (Å²) in [5, 5.41) is 0. The number of rotatable bonds is 5. The number of benzene rings is 1. The van der Waals surface area contributed by atoms with Crippen LogP contribution >= 0.6 is 0 Å².